The van der Waals surface area contributed by atoms with Gasteiger partial charge in [-0.25, -0.2) is 4.79 Å². The normalized spacial score (nSPS) is 16.1. The van der Waals surface area contributed by atoms with Gasteiger partial charge in [0, 0.05) is 0 Å². The van der Waals surface area contributed by atoms with E-state index in [-0.39, 0.29) is 11.9 Å². The molecule has 152 valence electrons. The van der Waals surface area contributed by atoms with Crippen LogP contribution in [0.2, 0.25) is 0 Å². The minimum atomic E-state index is -0.448. The molecule has 3 aromatic rings. The molecule has 0 saturated carbocycles. The molecule has 0 spiro atoms. The molecule has 30 heavy (non-hydrogen) atoms. The summed E-state index contributed by atoms with van der Waals surface area (Å²) in [7, 11) is 0. The molecule has 1 aliphatic carbocycles. The van der Waals surface area contributed by atoms with E-state index in [2.05, 4.69) is 13.0 Å². The number of hydrogen-bond donors (Lipinski definition) is 0. The van der Waals surface area contributed by atoms with Crippen LogP contribution < -0.4 is 9.47 Å². The van der Waals surface area contributed by atoms with Crippen LogP contribution >= 0.6 is 0 Å². The van der Waals surface area contributed by atoms with Gasteiger partial charge in [-0.2, -0.15) is 0 Å². The van der Waals surface area contributed by atoms with Gasteiger partial charge in [0.15, 0.2) is 0 Å². The van der Waals surface area contributed by atoms with Gasteiger partial charge in [0.1, 0.15) is 11.5 Å². The first-order chi connectivity index (χ1) is 14.5. The van der Waals surface area contributed by atoms with Crippen molar-refractivity contribution in [1.29, 1.82) is 0 Å². The molecule has 4 rings (SSSR count). The maximum atomic E-state index is 12.7. The number of aryl methyl sites for hydroxylation is 1. The Morgan fingerprint density at radius 1 is 0.867 bits per heavy atom. The van der Waals surface area contributed by atoms with Crippen LogP contribution in [-0.4, -0.2) is 11.9 Å². The van der Waals surface area contributed by atoms with E-state index in [1.165, 1.54) is 5.57 Å². The summed E-state index contributed by atoms with van der Waals surface area (Å²) in [5, 5.41) is 1.46. The predicted molar refractivity (Wildman–Crippen MR) is 117 cm³/mol. The fourth-order valence-corrected chi connectivity index (χ4v) is 3.66. The first kappa shape index (κ1) is 19.9. The third kappa shape index (κ3) is 4.28. The number of hydrogen-bond acceptors (Lipinski definition) is 4. The minimum absolute atomic E-state index is 0.147. The van der Waals surface area contributed by atoms with Gasteiger partial charge < -0.3 is 9.47 Å². The molecular weight excluding hydrogens is 376 g/mol. The lowest BCUT2D eigenvalue weighted by atomic mass is 9.90. The van der Waals surface area contributed by atoms with Crippen molar-refractivity contribution in [2.75, 3.05) is 0 Å². The van der Waals surface area contributed by atoms with Gasteiger partial charge >= 0.3 is 11.9 Å². The smallest absolute Gasteiger partial charge is 0.343 e. The summed E-state index contributed by atoms with van der Waals surface area (Å²) in [6, 6.07) is 18.1. The van der Waals surface area contributed by atoms with Crippen LogP contribution in [0.1, 0.15) is 42.1 Å². The zero-order valence-electron chi connectivity index (χ0n) is 17.2. The number of carbonyl (C=O) groups is 2. The van der Waals surface area contributed by atoms with E-state index in [0.29, 0.717) is 28.9 Å². The maximum Gasteiger partial charge on any atom is 0.343 e. The van der Waals surface area contributed by atoms with Crippen molar-refractivity contribution in [3.8, 4) is 11.5 Å². The topological polar surface area (TPSA) is 52.6 Å². The van der Waals surface area contributed by atoms with Crippen molar-refractivity contribution in [3.63, 3.8) is 0 Å². The molecular formula is C26H24O4. The second kappa shape index (κ2) is 8.54. The third-order valence-electron chi connectivity index (χ3n) is 5.50. The molecule has 1 aliphatic rings. The molecule has 3 aromatic carbocycles. The van der Waals surface area contributed by atoms with Gasteiger partial charge in [0.05, 0.1) is 16.9 Å². The lowest BCUT2D eigenvalue weighted by Crippen LogP contribution is -2.22. The molecule has 0 aliphatic heterocycles. The van der Waals surface area contributed by atoms with Gasteiger partial charge in [-0.1, -0.05) is 53.6 Å². The average Bonchev–Trinajstić information content (AvgIpc) is 2.75. The zero-order chi connectivity index (χ0) is 21.1. The van der Waals surface area contributed by atoms with Crippen LogP contribution in [-0.2, 0) is 4.79 Å². The Labute approximate surface area is 176 Å². The summed E-state index contributed by atoms with van der Waals surface area (Å²) < 4.78 is 11.5. The fourth-order valence-electron chi connectivity index (χ4n) is 3.66. The van der Waals surface area contributed by atoms with E-state index in [0.717, 1.165) is 23.8 Å². The number of esters is 2. The fraction of sp³-hybridized carbons (Fsp3) is 0.231. The van der Waals surface area contributed by atoms with Crippen molar-refractivity contribution in [3.05, 3.63) is 83.4 Å². The molecule has 0 radical (unpaired) electrons. The van der Waals surface area contributed by atoms with Gasteiger partial charge in [0.2, 0.25) is 0 Å². The Morgan fingerprint density at radius 3 is 2.17 bits per heavy atom. The Balaban J connectivity index is 1.62. The van der Waals surface area contributed by atoms with Crippen LogP contribution in [0.5, 0.6) is 11.5 Å². The standard InChI is InChI=1S/C26H24O4/c1-17-9-13-20(14-10-17)25(27)29-22-7-3-5-19-6-4-8-23(24(19)22)30-26(28)21-15-11-18(2)12-16-21/h3-11,13-14,21H,12,15-16H2,1-2H3. The van der Waals surface area contributed by atoms with Gasteiger partial charge in [-0.05, 0) is 62.8 Å². The van der Waals surface area contributed by atoms with Crippen LogP contribution in [0.3, 0.4) is 0 Å². The van der Waals surface area contributed by atoms with Crippen LogP contribution in [0.25, 0.3) is 10.8 Å². The molecule has 1 atom stereocenters. The van der Waals surface area contributed by atoms with Crippen molar-refractivity contribution in [2.24, 2.45) is 5.92 Å². The summed E-state index contributed by atoms with van der Waals surface area (Å²) >= 11 is 0. The lowest BCUT2D eigenvalue weighted by Gasteiger charge is -2.19. The van der Waals surface area contributed by atoms with E-state index in [4.69, 9.17) is 9.47 Å². The number of benzene rings is 3. The molecule has 4 nitrogen and oxygen atoms in total. The summed E-state index contributed by atoms with van der Waals surface area (Å²) in [5.41, 5.74) is 2.85. The Bertz CT molecular complexity index is 1120. The number of rotatable bonds is 4. The molecule has 0 saturated heterocycles. The van der Waals surface area contributed by atoms with Crippen molar-refractivity contribution in [1.82, 2.24) is 0 Å². The summed E-state index contributed by atoms with van der Waals surface area (Å²) in [6.45, 7) is 4.05. The SMILES string of the molecule is CC1=CCC(C(=O)Oc2cccc3cccc(OC(=O)c4ccc(C)cc4)c23)CC1. The van der Waals surface area contributed by atoms with Crippen molar-refractivity contribution in [2.45, 2.75) is 33.1 Å². The first-order valence-corrected chi connectivity index (χ1v) is 10.2. The molecule has 1 unspecified atom stereocenters. The highest BCUT2D eigenvalue weighted by atomic mass is 16.5. The highest BCUT2D eigenvalue weighted by Gasteiger charge is 2.24. The molecule has 0 bridgehead atoms. The lowest BCUT2D eigenvalue weighted by molar-refractivity contribution is -0.139. The molecule has 0 amide bonds. The van der Waals surface area contributed by atoms with Crippen LogP contribution in [0.15, 0.2) is 72.3 Å². The van der Waals surface area contributed by atoms with E-state index >= 15 is 0 Å². The highest BCUT2D eigenvalue weighted by molar-refractivity contribution is 5.99. The molecule has 0 heterocycles. The Morgan fingerprint density at radius 2 is 1.53 bits per heavy atom. The Kier molecular flexibility index (Phi) is 5.66. The second-order valence-electron chi connectivity index (χ2n) is 7.81. The summed E-state index contributed by atoms with van der Waals surface area (Å²) in [4.78, 5) is 25.4. The van der Waals surface area contributed by atoms with Gasteiger partial charge in [-0.3, -0.25) is 4.79 Å². The average molecular weight is 400 g/mol. The van der Waals surface area contributed by atoms with Crippen LogP contribution in [0, 0.1) is 12.8 Å². The molecule has 0 fully saturated rings. The van der Waals surface area contributed by atoms with E-state index in [1.807, 2.05) is 43.3 Å². The van der Waals surface area contributed by atoms with E-state index in [1.54, 1.807) is 24.3 Å². The minimum Gasteiger partial charge on any atom is -0.426 e. The number of allylic oxidation sites excluding steroid dienone is 2. The Hall–Kier alpha value is -3.40. The van der Waals surface area contributed by atoms with Gasteiger partial charge in [-0.15, -0.1) is 0 Å². The largest absolute Gasteiger partial charge is 0.426 e. The quantitative estimate of drug-likeness (QED) is 0.305. The number of ether oxygens (including phenoxy) is 2. The zero-order valence-corrected chi connectivity index (χ0v) is 17.2. The third-order valence-corrected chi connectivity index (χ3v) is 5.50. The highest BCUT2D eigenvalue weighted by Crippen LogP contribution is 2.35. The van der Waals surface area contributed by atoms with Gasteiger partial charge in [0.25, 0.3) is 0 Å². The predicted octanol–water partition coefficient (Wildman–Crippen LogP) is 6.02. The summed E-state index contributed by atoms with van der Waals surface area (Å²) in [6.07, 6.45) is 4.51. The van der Waals surface area contributed by atoms with E-state index in [9.17, 15) is 9.59 Å². The summed E-state index contributed by atoms with van der Waals surface area (Å²) in [5.74, 6) is -0.0504. The number of carbonyl (C=O) groups excluding carboxylic acids is 2. The van der Waals surface area contributed by atoms with Crippen LogP contribution in [0.4, 0.5) is 0 Å². The molecule has 4 heteroatoms. The second-order valence-corrected chi connectivity index (χ2v) is 7.81. The molecule has 0 N–H and O–H groups in total. The van der Waals surface area contributed by atoms with Crippen molar-refractivity contribution >= 4 is 22.7 Å². The number of fused-ring (bicyclic) bond motifs is 1. The van der Waals surface area contributed by atoms with Crippen molar-refractivity contribution < 1.29 is 19.1 Å². The monoisotopic (exact) mass is 400 g/mol. The molecule has 0 aromatic heterocycles. The van der Waals surface area contributed by atoms with E-state index < -0.39 is 5.97 Å². The first-order valence-electron chi connectivity index (χ1n) is 10.2. The maximum absolute atomic E-state index is 12.7.